The van der Waals surface area contributed by atoms with Crippen LogP contribution in [0.5, 0.6) is 0 Å². The number of pyridine rings is 1. The van der Waals surface area contributed by atoms with Gasteiger partial charge in [0, 0.05) is 6.07 Å². The van der Waals surface area contributed by atoms with Crippen molar-refractivity contribution in [3.63, 3.8) is 0 Å². The minimum atomic E-state index is -2.74. The third-order valence-electron chi connectivity index (χ3n) is 1.56. The van der Waals surface area contributed by atoms with Gasteiger partial charge in [-0.15, -0.1) is 11.6 Å². The van der Waals surface area contributed by atoms with E-state index in [0.717, 1.165) is 6.07 Å². The molecule has 1 heterocycles. The highest BCUT2D eigenvalue weighted by atomic mass is 35.5. The average Bonchev–Trinajstić information content (AvgIpc) is 2.03. The van der Waals surface area contributed by atoms with Gasteiger partial charge in [-0.2, -0.15) is 0 Å². The zero-order chi connectivity index (χ0) is 10.0. The van der Waals surface area contributed by atoms with Gasteiger partial charge in [0.1, 0.15) is 5.82 Å². The molecule has 0 saturated carbocycles. The van der Waals surface area contributed by atoms with Gasteiger partial charge in [0.05, 0.1) is 17.1 Å². The van der Waals surface area contributed by atoms with Crippen molar-refractivity contribution in [1.82, 2.24) is 4.98 Å². The highest BCUT2D eigenvalue weighted by molar-refractivity contribution is 6.17. The molecule has 0 atom stereocenters. The summed E-state index contributed by atoms with van der Waals surface area (Å²) in [6, 6.07) is 0.804. The SMILES string of the molecule is Nc1[nH]c(C(F)F)cc(=O)c1CCl. The third kappa shape index (κ3) is 1.98. The van der Waals surface area contributed by atoms with Gasteiger partial charge < -0.3 is 10.7 Å². The van der Waals surface area contributed by atoms with Crippen molar-refractivity contribution in [2.75, 3.05) is 5.73 Å². The van der Waals surface area contributed by atoms with Crippen LogP contribution in [-0.4, -0.2) is 4.98 Å². The van der Waals surface area contributed by atoms with Crippen LogP contribution in [0.1, 0.15) is 17.7 Å². The van der Waals surface area contributed by atoms with Crippen molar-refractivity contribution >= 4 is 17.4 Å². The van der Waals surface area contributed by atoms with Gasteiger partial charge in [0.25, 0.3) is 6.43 Å². The maximum atomic E-state index is 12.1. The van der Waals surface area contributed by atoms with Crippen LogP contribution < -0.4 is 11.2 Å². The number of nitrogens with two attached hydrogens (primary N) is 1. The number of halogens is 3. The number of hydrogen-bond donors (Lipinski definition) is 2. The molecule has 1 aromatic heterocycles. The Morgan fingerprint density at radius 2 is 2.23 bits per heavy atom. The predicted octanol–water partition coefficient (Wildman–Crippen LogP) is 1.63. The maximum Gasteiger partial charge on any atom is 0.278 e. The largest absolute Gasteiger partial charge is 0.385 e. The number of nitrogens with one attached hydrogen (secondary N) is 1. The standard InChI is InChI=1S/C7H7ClF2N2O/c8-2-3-5(13)1-4(6(9)10)12-7(3)11/h1,6H,2H2,(H3,11,12,13). The Balaban J connectivity index is 3.29. The van der Waals surface area contributed by atoms with Crippen molar-refractivity contribution in [2.45, 2.75) is 12.3 Å². The Labute approximate surface area is 77.5 Å². The molecule has 13 heavy (non-hydrogen) atoms. The molecule has 0 saturated heterocycles. The molecule has 0 unspecified atom stereocenters. The van der Waals surface area contributed by atoms with E-state index < -0.39 is 17.5 Å². The van der Waals surface area contributed by atoms with Gasteiger partial charge >= 0.3 is 0 Å². The number of nitrogen functional groups attached to an aromatic ring is 1. The molecule has 6 heteroatoms. The molecule has 0 spiro atoms. The van der Waals surface area contributed by atoms with Crippen LogP contribution in [0.2, 0.25) is 0 Å². The first kappa shape index (κ1) is 9.98. The summed E-state index contributed by atoms with van der Waals surface area (Å²) in [4.78, 5) is 13.3. The first-order valence-corrected chi connectivity index (χ1v) is 3.95. The van der Waals surface area contributed by atoms with Gasteiger partial charge in [0.2, 0.25) is 0 Å². The summed E-state index contributed by atoms with van der Waals surface area (Å²) in [6.45, 7) is 0. The van der Waals surface area contributed by atoms with E-state index in [-0.39, 0.29) is 17.3 Å². The minimum absolute atomic E-state index is 0.0926. The van der Waals surface area contributed by atoms with Crippen molar-refractivity contribution < 1.29 is 8.78 Å². The topological polar surface area (TPSA) is 58.9 Å². The molecule has 0 radical (unpaired) electrons. The second-order valence-electron chi connectivity index (χ2n) is 2.42. The molecule has 0 amide bonds. The van der Waals surface area contributed by atoms with E-state index in [2.05, 4.69) is 4.98 Å². The lowest BCUT2D eigenvalue weighted by molar-refractivity contribution is 0.146. The summed E-state index contributed by atoms with van der Waals surface area (Å²) >= 11 is 5.38. The minimum Gasteiger partial charge on any atom is -0.385 e. The number of aromatic amines is 1. The summed E-state index contributed by atoms with van der Waals surface area (Å²) in [5.74, 6) is -0.192. The van der Waals surface area contributed by atoms with Crippen LogP contribution in [0, 0.1) is 0 Å². The zero-order valence-electron chi connectivity index (χ0n) is 6.48. The summed E-state index contributed by atoms with van der Waals surface area (Å²) in [5, 5.41) is 0. The van der Waals surface area contributed by atoms with Gasteiger partial charge in [-0.25, -0.2) is 8.78 Å². The fraction of sp³-hybridized carbons (Fsp3) is 0.286. The molecule has 72 valence electrons. The molecule has 0 aliphatic carbocycles. The Morgan fingerprint density at radius 3 is 2.62 bits per heavy atom. The zero-order valence-corrected chi connectivity index (χ0v) is 7.24. The smallest absolute Gasteiger partial charge is 0.278 e. The normalized spacial score (nSPS) is 10.8. The third-order valence-corrected chi connectivity index (χ3v) is 1.82. The number of rotatable bonds is 2. The number of H-pyrrole nitrogens is 1. The van der Waals surface area contributed by atoms with Crippen molar-refractivity contribution in [3.8, 4) is 0 Å². The van der Waals surface area contributed by atoms with E-state index in [9.17, 15) is 13.6 Å². The Kier molecular flexibility index (Phi) is 2.87. The molecule has 0 bridgehead atoms. The first-order valence-electron chi connectivity index (χ1n) is 3.42. The molecular formula is C7H7ClF2N2O. The van der Waals surface area contributed by atoms with Crippen LogP contribution in [0.4, 0.5) is 14.6 Å². The second kappa shape index (κ2) is 3.74. The van der Waals surface area contributed by atoms with E-state index in [1.165, 1.54) is 0 Å². The van der Waals surface area contributed by atoms with Crippen LogP contribution in [0.15, 0.2) is 10.9 Å². The lowest BCUT2D eigenvalue weighted by atomic mass is 10.2. The molecule has 0 aromatic carbocycles. The second-order valence-corrected chi connectivity index (χ2v) is 2.68. The van der Waals surface area contributed by atoms with Crippen LogP contribution in [0.25, 0.3) is 0 Å². The number of alkyl halides is 3. The molecule has 3 nitrogen and oxygen atoms in total. The van der Waals surface area contributed by atoms with E-state index in [0.29, 0.717) is 0 Å². The van der Waals surface area contributed by atoms with Gasteiger partial charge in [-0.3, -0.25) is 4.79 Å². The monoisotopic (exact) mass is 208 g/mol. The lowest BCUT2D eigenvalue weighted by Gasteiger charge is -2.04. The Morgan fingerprint density at radius 1 is 1.62 bits per heavy atom. The molecule has 0 aliphatic heterocycles. The quantitative estimate of drug-likeness (QED) is 0.726. The summed E-state index contributed by atoms with van der Waals surface area (Å²) in [7, 11) is 0. The van der Waals surface area contributed by atoms with Crippen molar-refractivity contribution in [1.29, 1.82) is 0 Å². The van der Waals surface area contributed by atoms with Crippen LogP contribution >= 0.6 is 11.6 Å². The molecule has 1 aromatic rings. The van der Waals surface area contributed by atoms with E-state index >= 15 is 0 Å². The van der Waals surface area contributed by atoms with Crippen LogP contribution in [0.3, 0.4) is 0 Å². The van der Waals surface area contributed by atoms with Crippen molar-refractivity contribution in [2.24, 2.45) is 0 Å². The Bertz CT molecular complexity index is 364. The molecule has 0 aliphatic rings. The molecule has 0 fully saturated rings. The van der Waals surface area contributed by atoms with E-state index in [4.69, 9.17) is 17.3 Å². The highest BCUT2D eigenvalue weighted by Gasteiger charge is 2.12. The van der Waals surface area contributed by atoms with E-state index in [1.54, 1.807) is 0 Å². The molecule has 1 rings (SSSR count). The van der Waals surface area contributed by atoms with Gasteiger partial charge in [0.15, 0.2) is 5.43 Å². The lowest BCUT2D eigenvalue weighted by Crippen LogP contribution is -2.13. The number of aromatic nitrogens is 1. The Hall–Kier alpha value is -1.10. The van der Waals surface area contributed by atoms with Gasteiger partial charge in [-0.05, 0) is 0 Å². The molecule has 3 N–H and O–H groups in total. The summed E-state index contributed by atoms with van der Waals surface area (Å²) < 4.78 is 24.2. The number of hydrogen-bond acceptors (Lipinski definition) is 2. The highest BCUT2D eigenvalue weighted by Crippen LogP contribution is 2.17. The maximum absolute atomic E-state index is 12.1. The first-order chi connectivity index (χ1) is 6.06. The number of anilines is 1. The summed E-state index contributed by atoms with van der Waals surface area (Å²) in [6.07, 6.45) is -2.74. The summed E-state index contributed by atoms with van der Waals surface area (Å²) in [5.41, 5.74) is 4.36. The molecular weight excluding hydrogens is 202 g/mol. The fourth-order valence-corrected chi connectivity index (χ4v) is 1.16. The average molecular weight is 209 g/mol. The fourth-order valence-electron chi connectivity index (χ4n) is 0.883. The van der Waals surface area contributed by atoms with E-state index in [1.807, 2.05) is 0 Å². The van der Waals surface area contributed by atoms with Crippen LogP contribution in [-0.2, 0) is 5.88 Å². The van der Waals surface area contributed by atoms with Gasteiger partial charge in [-0.1, -0.05) is 0 Å². The van der Waals surface area contributed by atoms with Crippen molar-refractivity contribution in [3.05, 3.63) is 27.5 Å². The predicted molar refractivity (Wildman–Crippen MR) is 46.0 cm³/mol.